The van der Waals surface area contributed by atoms with Crippen molar-refractivity contribution >= 4 is 42.5 Å². The van der Waals surface area contributed by atoms with Crippen LogP contribution in [0.3, 0.4) is 0 Å². The molecule has 0 aromatic heterocycles. The molecular weight excluding hydrogens is 412 g/mol. The Balaban J connectivity index is 0.000000836. The second-order valence-electron chi connectivity index (χ2n) is 4.60. The first-order valence-corrected chi connectivity index (χ1v) is 8.88. The largest absolute Gasteiger partial charge is 0.762 e. The highest BCUT2D eigenvalue weighted by atomic mass is 35.5. The average Bonchev–Trinajstić information content (AvgIpc) is 2.55. The fourth-order valence-electron chi connectivity index (χ4n) is 1.49. The fourth-order valence-corrected chi connectivity index (χ4v) is 1.65. The Hall–Kier alpha value is -2.27. The van der Waals surface area contributed by atoms with E-state index in [4.69, 9.17) is 16.7 Å². The van der Waals surface area contributed by atoms with Gasteiger partial charge in [0.05, 0.1) is 10.7 Å². The molecule has 0 aliphatic heterocycles. The third-order valence-corrected chi connectivity index (χ3v) is 2.83. The van der Waals surface area contributed by atoms with Gasteiger partial charge in [0.25, 0.3) is 5.91 Å². The number of hydrogen-bond acceptors (Lipinski definition) is 5. The van der Waals surface area contributed by atoms with Gasteiger partial charge in [-0.15, -0.1) is 0 Å². The van der Waals surface area contributed by atoms with Gasteiger partial charge in [0, 0.05) is 17.7 Å². The van der Waals surface area contributed by atoms with E-state index >= 15 is 0 Å². The Labute approximate surface area is 162 Å². The molecule has 0 aliphatic carbocycles. The summed E-state index contributed by atoms with van der Waals surface area (Å²) in [5.41, 5.74) is -0.139. The number of halogens is 5. The van der Waals surface area contributed by atoms with Gasteiger partial charge in [0.1, 0.15) is 11.5 Å². The van der Waals surface area contributed by atoms with Crippen molar-refractivity contribution < 1.29 is 37.5 Å². The number of nitrogens with one attached hydrogen (secondary N) is 1. The Bertz CT molecular complexity index is 768. The van der Waals surface area contributed by atoms with Gasteiger partial charge in [-0.1, -0.05) is 11.6 Å². The van der Waals surface area contributed by atoms with Gasteiger partial charge < -0.3 is 20.6 Å². The van der Waals surface area contributed by atoms with Crippen molar-refractivity contribution in [1.82, 2.24) is 0 Å². The second kappa shape index (κ2) is 12.2. The summed E-state index contributed by atoms with van der Waals surface area (Å²) in [7, 11) is -3.67. The first kappa shape index (κ1) is 24.7. The highest BCUT2D eigenvalue weighted by Crippen LogP contribution is 2.34. The van der Waals surface area contributed by atoms with Gasteiger partial charge in [-0.3, -0.25) is 17.7 Å². The number of hydrogen-bond donors (Lipinski definition) is 4. The summed E-state index contributed by atoms with van der Waals surface area (Å²) in [6.45, 7) is 0. The average molecular weight is 428 g/mol. The molecule has 2 aromatic carbocycles. The van der Waals surface area contributed by atoms with Crippen molar-refractivity contribution in [3.05, 3.63) is 46.7 Å². The van der Waals surface area contributed by atoms with Crippen molar-refractivity contribution in [2.24, 2.45) is 0 Å². The number of benzene rings is 2. The maximum atomic E-state index is 13.1. The van der Waals surface area contributed by atoms with E-state index in [0.717, 1.165) is 24.3 Å². The van der Waals surface area contributed by atoms with E-state index in [1.54, 1.807) is 11.8 Å². The van der Waals surface area contributed by atoms with Gasteiger partial charge in [-0.25, -0.2) is 4.39 Å². The molecule has 2 aromatic rings. The van der Waals surface area contributed by atoms with Crippen molar-refractivity contribution in [2.45, 2.75) is 0 Å². The predicted octanol–water partition coefficient (Wildman–Crippen LogP) is 4.71. The first-order chi connectivity index (χ1) is 12.5. The van der Waals surface area contributed by atoms with Crippen LogP contribution >= 0.6 is 23.4 Å². The fraction of sp³-hybridized carbons (Fsp3) is 0.133. The monoisotopic (exact) mass is 427 g/mol. The van der Waals surface area contributed by atoms with Crippen LogP contribution in [-0.4, -0.2) is 41.3 Å². The summed E-state index contributed by atoms with van der Waals surface area (Å²) in [4.78, 5) is 11.8. The quantitative estimate of drug-likeness (QED) is 0.241. The maximum Gasteiger partial charge on any atom is 0.762 e. The molecule has 0 saturated carbocycles. The molecule has 2 rings (SSSR count). The third-order valence-electron chi connectivity index (χ3n) is 2.52. The molecule has 27 heavy (non-hydrogen) atoms. The maximum absolute atomic E-state index is 13.1. The Morgan fingerprint density at radius 3 is 2.04 bits per heavy atom. The molecule has 0 atom stereocenters. The lowest BCUT2D eigenvalue weighted by atomic mass is 10.2. The molecule has 0 saturated heterocycles. The number of anilines is 1. The van der Waals surface area contributed by atoms with E-state index in [9.17, 15) is 32.3 Å². The number of aromatic hydroxyl groups is 3. The topological polar surface area (TPSA) is 89.8 Å². The summed E-state index contributed by atoms with van der Waals surface area (Å²) in [6.07, 6.45) is 4.08. The molecule has 0 unspecified atom stereocenters. The van der Waals surface area contributed by atoms with Crippen molar-refractivity contribution in [3.8, 4) is 17.2 Å². The standard InChI is InChI=1S/C13H9ClFNO4.C2H6S.BF3/c14-7-4-12(19)9(5-11(7)18)16-13(20)6-1-2-10(17)8(15)3-6;1-3-2;2-1(3)4/h1-5,17-19H,(H,16,20);1-2H3;. The summed E-state index contributed by atoms with van der Waals surface area (Å²) >= 11 is 7.33. The summed E-state index contributed by atoms with van der Waals surface area (Å²) < 4.78 is 42.1. The molecule has 0 spiro atoms. The van der Waals surface area contributed by atoms with Gasteiger partial charge in [0.2, 0.25) is 0 Å². The minimum absolute atomic E-state index is 0.0610. The number of carbonyl (C=O) groups is 1. The predicted molar refractivity (Wildman–Crippen MR) is 99.3 cm³/mol. The van der Waals surface area contributed by atoms with Crippen LogP contribution in [0.15, 0.2) is 30.3 Å². The lowest BCUT2D eigenvalue weighted by molar-refractivity contribution is 0.102. The number of carbonyl (C=O) groups excluding carboxylic acids is 1. The lowest BCUT2D eigenvalue weighted by Gasteiger charge is -2.09. The first-order valence-electron chi connectivity index (χ1n) is 6.87. The summed E-state index contributed by atoms with van der Waals surface area (Å²) in [5, 5.41) is 30.2. The van der Waals surface area contributed by atoms with Crippen LogP contribution in [0.25, 0.3) is 0 Å². The molecule has 1 amide bonds. The summed E-state index contributed by atoms with van der Waals surface area (Å²) in [5.74, 6) is -2.91. The Morgan fingerprint density at radius 1 is 1.04 bits per heavy atom. The van der Waals surface area contributed by atoms with E-state index in [1.165, 1.54) is 6.07 Å². The minimum atomic E-state index is -3.67. The number of phenols is 3. The smallest absolute Gasteiger partial charge is 0.506 e. The zero-order valence-electron chi connectivity index (χ0n) is 14.0. The van der Waals surface area contributed by atoms with Crippen LogP contribution in [0, 0.1) is 5.82 Å². The molecule has 0 aliphatic rings. The van der Waals surface area contributed by atoms with E-state index in [2.05, 4.69) is 5.32 Å². The molecule has 5 nitrogen and oxygen atoms in total. The van der Waals surface area contributed by atoms with Crippen LogP contribution in [0.1, 0.15) is 10.4 Å². The number of phenolic OH excluding ortho intramolecular Hbond substituents is 3. The van der Waals surface area contributed by atoms with Gasteiger partial charge >= 0.3 is 7.54 Å². The molecule has 0 heterocycles. The van der Waals surface area contributed by atoms with Gasteiger partial charge in [-0.2, -0.15) is 11.8 Å². The van der Waals surface area contributed by atoms with Crippen molar-refractivity contribution in [3.63, 3.8) is 0 Å². The van der Waals surface area contributed by atoms with Gasteiger partial charge in [0.15, 0.2) is 11.6 Å². The molecule has 0 radical (unpaired) electrons. The van der Waals surface area contributed by atoms with Crippen LogP contribution < -0.4 is 5.32 Å². The molecule has 12 heteroatoms. The molecule has 4 N–H and O–H groups in total. The van der Waals surface area contributed by atoms with E-state index in [0.29, 0.717) is 0 Å². The van der Waals surface area contributed by atoms with Gasteiger partial charge in [-0.05, 0) is 30.7 Å². The molecule has 148 valence electrons. The van der Waals surface area contributed by atoms with Crippen LogP contribution in [-0.2, 0) is 0 Å². The number of thioether (sulfide) groups is 1. The SMILES string of the molecule is CSC.FB(F)F.O=C(Nc1cc(O)c(Cl)cc1O)c1ccc(O)c(F)c1. The van der Waals surface area contributed by atoms with E-state index < -0.39 is 25.0 Å². The van der Waals surface area contributed by atoms with Crippen molar-refractivity contribution in [2.75, 3.05) is 17.8 Å². The van der Waals surface area contributed by atoms with E-state index in [1.807, 2.05) is 12.5 Å². The zero-order valence-corrected chi connectivity index (χ0v) is 15.6. The Morgan fingerprint density at radius 2 is 1.56 bits per heavy atom. The number of amides is 1. The third kappa shape index (κ3) is 9.29. The highest BCUT2D eigenvalue weighted by Gasteiger charge is 2.13. The zero-order chi connectivity index (χ0) is 21.1. The van der Waals surface area contributed by atoms with Crippen LogP contribution in [0.4, 0.5) is 23.0 Å². The van der Waals surface area contributed by atoms with Crippen molar-refractivity contribution in [1.29, 1.82) is 0 Å². The molecule has 0 bridgehead atoms. The normalized spacial score (nSPS) is 9.30. The highest BCUT2D eigenvalue weighted by molar-refractivity contribution is 7.97. The molecule has 0 fully saturated rings. The van der Waals surface area contributed by atoms with Crippen LogP contribution in [0.2, 0.25) is 5.02 Å². The lowest BCUT2D eigenvalue weighted by Crippen LogP contribution is -2.12. The second-order valence-corrected chi connectivity index (χ2v) is 5.82. The number of rotatable bonds is 2. The summed E-state index contributed by atoms with van der Waals surface area (Å²) in [6, 6.07) is 5.21. The molecular formula is C15H15BClF4NO4S. The van der Waals surface area contributed by atoms with Crippen LogP contribution in [0.5, 0.6) is 17.2 Å². The Kier molecular flexibility index (Phi) is 11.2. The minimum Gasteiger partial charge on any atom is -0.506 e. The van der Waals surface area contributed by atoms with E-state index in [-0.39, 0.29) is 27.8 Å².